The Morgan fingerprint density at radius 2 is 1.18 bits per heavy atom. The highest BCUT2D eigenvalue weighted by molar-refractivity contribution is 7.45. The van der Waals surface area contributed by atoms with Crippen LogP contribution in [0.15, 0.2) is 72.9 Å². The maximum atomic E-state index is 12.7. The summed E-state index contributed by atoms with van der Waals surface area (Å²) in [4.78, 5) is 37.5. The molecule has 1 N–H and O–H groups in total. The number of aliphatic hydroxyl groups is 1. The lowest BCUT2D eigenvalue weighted by Gasteiger charge is -2.28. The molecule has 0 aliphatic rings. The molecule has 57 heavy (non-hydrogen) atoms. The predicted octanol–water partition coefficient (Wildman–Crippen LogP) is 10.6. The van der Waals surface area contributed by atoms with Crippen molar-refractivity contribution in [1.29, 1.82) is 0 Å². The highest BCUT2D eigenvalue weighted by Crippen LogP contribution is 2.38. The molecule has 0 amide bonds. The second-order valence-electron chi connectivity index (χ2n) is 15.5. The molecule has 0 aliphatic heterocycles. The number of quaternary nitrogens is 1. The number of nitrogens with zero attached hydrogens (tertiary/aromatic N) is 1. The minimum atomic E-state index is -4.65. The number of allylic oxidation sites excluding steroid dienone is 11. The molecule has 0 bridgehead atoms. The van der Waals surface area contributed by atoms with E-state index in [4.69, 9.17) is 18.5 Å². The second kappa shape index (κ2) is 37.7. The van der Waals surface area contributed by atoms with E-state index in [0.29, 0.717) is 36.7 Å². The van der Waals surface area contributed by atoms with Crippen LogP contribution in [0.3, 0.4) is 0 Å². The molecule has 0 heterocycles. The van der Waals surface area contributed by atoms with Gasteiger partial charge in [0.2, 0.25) is 0 Å². The average molecular weight is 822 g/mol. The summed E-state index contributed by atoms with van der Waals surface area (Å²) < 4.78 is 33.8. The zero-order chi connectivity index (χ0) is 42.3. The first-order valence-electron chi connectivity index (χ1n) is 21.8. The van der Waals surface area contributed by atoms with Gasteiger partial charge < -0.3 is 33.0 Å². The lowest BCUT2D eigenvalue weighted by atomic mass is 10.1. The molecule has 3 atom stereocenters. The van der Waals surface area contributed by atoms with Crippen molar-refractivity contribution in [3.8, 4) is 0 Å². The van der Waals surface area contributed by atoms with Gasteiger partial charge in [0.25, 0.3) is 7.82 Å². The van der Waals surface area contributed by atoms with Crippen LogP contribution in [0.5, 0.6) is 0 Å². The van der Waals surface area contributed by atoms with Gasteiger partial charge in [-0.15, -0.1) is 0 Å². The van der Waals surface area contributed by atoms with Crippen molar-refractivity contribution in [2.45, 2.75) is 161 Å². The SMILES string of the molecule is CCCCCCCC/C=C\CCCCCCCC(=O)O[C@H](COC(=O)CCC/C=C\C/C=C\C/C=C\C/C=C\C=C\[C@@H](O)CC)COP(=O)([O-])OCC[N+](C)(C)C. The van der Waals surface area contributed by atoms with Crippen LogP contribution in [-0.4, -0.2) is 81.2 Å². The third-order valence-corrected chi connectivity index (χ3v) is 9.83. The summed E-state index contributed by atoms with van der Waals surface area (Å²) in [5, 5.41) is 9.48. The first-order chi connectivity index (χ1) is 27.4. The Kier molecular flexibility index (Phi) is 36.0. The van der Waals surface area contributed by atoms with Crippen LogP contribution >= 0.6 is 7.82 Å². The Morgan fingerprint density at radius 1 is 0.649 bits per heavy atom. The van der Waals surface area contributed by atoms with Crippen molar-refractivity contribution in [2.24, 2.45) is 0 Å². The van der Waals surface area contributed by atoms with Gasteiger partial charge in [0.1, 0.15) is 19.8 Å². The summed E-state index contributed by atoms with van der Waals surface area (Å²) in [7, 11) is 1.10. The Hall–Kier alpha value is -2.59. The van der Waals surface area contributed by atoms with E-state index < -0.39 is 32.5 Å². The number of phosphoric ester groups is 1. The number of ether oxygens (including phenoxy) is 2. The van der Waals surface area contributed by atoms with Crippen LogP contribution in [0, 0.1) is 0 Å². The van der Waals surface area contributed by atoms with Gasteiger partial charge in [0.15, 0.2) is 6.10 Å². The lowest BCUT2D eigenvalue weighted by molar-refractivity contribution is -0.870. The molecule has 10 nitrogen and oxygen atoms in total. The number of aliphatic hydroxyl groups excluding tert-OH is 1. The molecule has 1 unspecified atom stereocenters. The molecule has 0 saturated carbocycles. The van der Waals surface area contributed by atoms with Crippen LogP contribution < -0.4 is 4.89 Å². The maximum absolute atomic E-state index is 12.7. The van der Waals surface area contributed by atoms with Crippen LogP contribution in [0.4, 0.5) is 0 Å². The number of unbranched alkanes of at least 4 members (excludes halogenated alkanes) is 12. The fourth-order valence-electron chi connectivity index (χ4n) is 5.28. The molecule has 0 aromatic rings. The van der Waals surface area contributed by atoms with Gasteiger partial charge in [-0.3, -0.25) is 14.2 Å². The Bertz CT molecular complexity index is 1220. The Morgan fingerprint density at radius 3 is 1.79 bits per heavy atom. The number of carbonyl (C=O) groups is 2. The van der Waals surface area contributed by atoms with Crippen LogP contribution in [0.1, 0.15) is 149 Å². The van der Waals surface area contributed by atoms with Crippen molar-refractivity contribution < 1.29 is 47.2 Å². The predicted molar refractivity (Wildman–Crippen MR) is 232 cm³/mol. The standard InChI is InChI=1S/C46H80NO9P/c1-6-8-9-10-11-12-13-14-15-20-23-26-29-32-35-38-46(50)56-44(42-55-57(51,52)54-40-39-47(3,4)5)41-53-45(49)37-34-31-28-25-22-19-17-16-18-21-24-27-30-33-36-43(48)7-2/h14-15,17-19,21,25,27-28,30,33,36,43-44,48H,6-13,16,20,22-24,26,29,31-32,34-35,37-42H2,1-5H3/b15-14-,19-17-,21-18-,28-25-,30-27-,36-33+/t43-,44+/m0/s1. The zero-order valence-electron chi connectivity index (χ0n) is 36.4. The van der Waals surface area contributed by atoms with Gasteiger partial charge in [0.05, 0.1) is 33.9 Å². The topological polar surface area (TPSA) is 131 Å². The van der Waals surface area contributed by atoms with E-state index >= 15 is 0 Å². The van der Waals surface area contributed by atoms with Crippen LogP contribution in [0.25, 0.3) is 0 Å². The molecule has 0 aromatic heterocycles. The Labute approximate surface area is 347 Å². The number of rotatable bonds is 38. The minimum absolute atomic E-state index is 0.0506. The van der Waals surface area contributed by atoms with E-state index in [9.17, 15) is 24.2 Å². The number of carbonyl (C=O) groups excluding carboxylic acids is 2. The normalized spacial score (nSPS) is 14.9. The molecule has 0 aliphatic carbocycles. The summed E-state index contributed by atoms with van der Waals surface area (Å²) >= 11 is 0. The largest absolute Gasteiger partial charge is 0.756 e. The number of esters is 2. The van der Waals surface area contributed by atoms with Crippen molar-refractivity contribution in [1.82, 2.24) is 0 Å². The summed E-state index contributed by atoms with van der Waals surface area (Å²) in [5.41, 5.74) is 0. The van der Waals surface area contributed by atoms with E-state index in [0.717, 1.165) is 57.8 Å². The monoisotopic (exact) mass is 822 g/mol. The number of hydrogen-bond acceptors (Lipinski definition) is 9. The fraction of sp³-hybridized carbons (Fsp3) is 0.696. The van der Waals surface area contributed by atoms with Gasteiger partial charge in [-0.2, -0.15) is 0 Å². The smallest absolute Gasteiger partial charge is 0.306 e. The third-order valence-electron chi connectivity index (χ3n) is 8.87. The summed E-state index contributed by atoms with van der Waals surface area (Å²) in [6, 6.07) is 0. The molecule has 0 radical (unpaired) electrons. The van der Waals surface area contributed by atoms with Crippen molar-refractivity contribution in [2.75, 3.05) is 47.5 Å². The van der Waals surface area contributed by atoms with Crippen LogP contribution in [0.2, 0.25) is 0 Å². The van der Waals surface area contributed by atoms with Gasteiger partial charge in [-0.05, 0) is 70.6 Å². The minimum Gasteiger partial charge on any atom is -0.756 e. The first-order valence-corrected chi connectivity index (χ1v) is 23.2. The first kappa shape index (κ1) is 54.4. The van der Waals surface area contributed by atoms with E-state index in [2.05, 4.69) is 49.5 Å². The average Bonchev–Trinajstić information content (AvgIpc) is 3.16. The fourth-order valence-corrected chi connectivity index (χ4v) is 6.01. The summed E-state index contributed by atoms with van der Waals surface area (Å²) in [6.45, 7) is 3.78. The molecule has 0 saturated heterocycles. The van der Waals surface area contributed by atoms with Crippen molar-refractivity contribution in [3.05, 3.63) is 72.9 Å². The molecular formula is C46H80NO9P. The number of phosphoric acid groups is 1. The summed E-state index contributed by atoms with van der Waals surface area (Å²) in [6.07, 6.45) is 43.1. The van der Waals surface area contributed by atoms with Gasteiger partial charge in [-0.25, -0.2) is 0 Å². The highest BCUT2D eigenvalue weighted by atomic mass is 31.2. The van der Waals surface area contributed by atoms with Crippen molar-refractivity contribution >= 4 is 19.8 Å². The molecule has 11 heteroatoms. The van der Waals surface area contributed by atoms with E-state index in [-0.39, 0.29) is 32.2 Å². The van der Waals surface area contributed by atoms with Crippen LogP contribution in [-0.2, 0) is 32.7 Å². The maximum Gasteiger partial charge on any atom is 0.306 e. The van der Waals surface area contributed by atoms with E-state index in [1.54, 1.807) is 6.08 Å². The molecular weight excluding hydrogens is 741 g/mol. The molecule has 0 fully saturated rings. The molecule has 0 spiro atoms. The van der Waals surface area contributed by atoms with Gasteiger partial charge >= 0.3 is 11.9 Å². The second-order valence-corrected chi connectivity index (χ2v) is 16.9. The van der Waals surface area contributed by atoms with Crippen molar-refractivity contribution in [3.63, 3.8) is 0 Å². The zero-order valence-corrected chi connectivity index (χ0v) is 37.3. The van der Waals surface area contributed by atoms with Gasteiger partial charge in [0, 0.05) is 12.8 Å². The molecule has 0 rings (SSSR count). The van der Waals surface area contributed by atoms with Gasteiger partial charge in [-0.1, -0.05) is 138 Å². The molecule has 0 aromatic carbocycles. The van der Waals surface area contributed by atoms with E-state index in [1.807, 2.05) is 52.4 Å². The lowest BCUT2D eigenvalue weighted by Crippen LogP contribution is -2.37. The van der Waals surface area contributed by atoms with E-state index in [1.165, 1.54) is 38.5 Å². The molecule has 328 valence electrons. The number of hydrogen-bond donors (Lipinski definition) is 1. The highest BCUT2D eigenvalue weighted by Gasteiger charge is 2.21. The quantitative estimate of drug-likeness (QED) is 0.0161. The Balaban J connectivity index is 4.51. The number of likely N-dealkylation sites (N-methyl/N-ethyl adjacent to an activating group) is 1. The summed E-state index contributed by atoms with van der Waals surface area (Å²) in [5.74, 6) is -0.938. The third kappa shape index (κ3) is 41.4.